The van der Waals surface area contributed by atoms with Crippen molar-refractivity contribution in [3.63, 3.8) is 0 Å². The Labute approximate surface area is 256 Å². The van der Waals surface area contributed by atoms with Gasteiger partial charge in [-0.1, -0.05) is 119 Å². The van der Waals surface area contributed by atoms with Crippen LogP contribution in [0.1, 0.15) is 62.1 Å². The van der Waals surface area contributed by atoms with Crippen molar-refractivity contribution in [3.05, 3.63) is 143 Å². The Morgan fingerprint density at radius 1 is 0.628 bits per heavy atom. The lowest BCUT2D eigenvalue weighted by atomic mass is 9.82. The van der Waals surface area contributed by atoms with Gasteiger partial charge in [-0.3, -0.25) is 0 Å². The number of aryl methyl sites for hydroxylation is 2. The summed E-state index contributed by atoms with van der Waals surface area (Å²) in [6.45, 7) is 10.9. The molecule has 0 bridgehead atoms. The van der Waals surface area contributed by atoms with Crippen molar-refractivity contribution in [3.8, 4) is 39.1 Å². The van der Waals surface area contributed by atoms with Gasteiger partial charge < -0.3 is 4.57 Å². The maximum absolute atomic E-state index is 2.50. The predicted octanol–water partition coefficient (Wildman–Crippen LogP) is 11.6. The maximum atomic E-state index is 2.50. The summed E-state index contributed by atoms with van der Waals surface area (Å²) >= 11 is 0. The average molecular weight is 558 g/mol. The van der Waals surface area contributed by atoms with Crippen molar-refractivity contribution >= 4 is 17.0 Å². The number of allylic oxidation sites excluding steroid dienone is 1. The number of hydrogen-bond acceptors (Lipinski definition) is 0. The van der Waals surface area contributed by atoms with Gasteiger partial charge in [-0.05, 0) is 106 Å². The van der Waals surface area contributed by atoms with Crippen molar-refractivity contribution in [1.29, 1.82) is 0 Å². The molecule has 212 valence electrons. The Hall–Kier alpha value is -4.62. The van der Waals surface area contributed by atoms with Crippen LogP contribution in [-0.2, 0) is 11.8 Å². The van der Waals surface area contributed by atoms with Crippen LogP contribution >= 0.6 is 0 Å². The fourth-order valence-corrected chi connectivity index (χ4v) is 7.30. The summed E-state index contributed by atoms with van der Waals surface area (Å²) in [7, 11) is 0. The van der Waals surface area contributed by atoms with Crippen LogP contribution < -0.4 is 0 Å². The van der Waals surface area contributed by atoms with Crippen LogP contribution in [0.3, 0.4) is 0 Å². The van der Waals surface area contributed by atoms with Gasteiger partial charge in [-0.2, -0.15) is 0 Å². The van der Waals surface area contributed by atoms with Crippen molar-refractivity contribution in [2.75, 3.05) is 0 Å². The lowest BCUT2D eigenvalue weighted by Gasteiger charge is -2.21. The van der Waals surface area contributed by atoms with Gasteiger partial charge in [0, 0.05) is 22.2 Å². The normalized spacial score (nSPS) is 14.1. The van der Waals surface area contributed by atoms with Crippen molar-refractivity contribution in [2.45, 2.75) is 52.9 Å². The maximum Gasteiger partial charge on any atom is 0.0543 e. The highest BCUT2D eigenvalue weighted by Gasteiger charge is 2.35. The fourth-order valence-electron chi connectivity index (χ4n) is 7.30. The third-order valence-electron chi connectivity index (χ3n) is 9.43. The molecule has 0 atom stereocenters. The van der Waals surface area contributed by atoms with Crippen molar-refractivity contribution < 1.29 is 0 Å². The van der Waals surface area contributed by atoms with Crippen LogP contribution in [0.2, 0.25) is 0 Å². The number of nitrogens with zero attached hydrogens (tertiary/aromatic N) is 1. The molecule has 0 aliphatic heterocycles. The highest BCUT2D eigenvalue weighted by Crippen LogP contribution is 2.49. The Balaban J connectivity index is 0.00000147. The topological polar surface area (TPSA) is 4.93 Å². The summed E-state index contributed by atoms with van der Waals surface area (Å²) in [5, 5.41) is 1.37. The van der Waals surface area contributed by atoms with E-state index in [0.29, 0.717) is 0 Å². The SMILES string of the molecule is CC.Cc1ccccc1-c1cccc(-c2ccc3c4c(n(-c5ccc6c(c5)-c5ccccc5C6(C)C)c3c2)C=CCC4)c1. The molecule has 2 aliphatic carbocycles. The lowest BCUT2D eigenvalue weighted by molar-refractivity contribution is 0.660. The minimum Gasteiger partial charge on any atom is -0.310 e. The first-order valence-corrected chi connectivity index (χ1v) is 15.8. The van der Waals surface area contributed by atoms with Crippen LogP contribution in [0.4, 0.5) is 0 Å². The smallest absolute Gasteiger partial charge is 0.0543 e. The zero-order valence-corrected chi connectivity index (χ0v) is 25.9. The summed E-state index contributed by atoms with van der Waals surface area (Å²) in [4.78, 5) is 0. The summed E-state index contributed by atoms with van der Waals surface area (Å²) < 4.78 is 2.50. The molecular weight excluding hydrogens is 518 g/mol. The van der Waals surface area contributed by atoms with Crippen molar-refractivity contribution in [1.82, 2.24) is 4.57 Å². The molecule has 6 aromatic rings. The third-order valence-corrected chi connectivity index (χ3v) is 9.43. The minimum absolute atomic E-state index is 0.0117. The Morgan fingerprint density at radius 2 is 1.35 bits per heavy atom. The van der Waals surface area contributed by atoms with Gasteiger partial charge in [0.05, 0.1) is 5.52 Å². The van der Waals surface area contributed by atoms with Gasteiger partial charge in [-0.15, -0.1) is 0 Å². The van der Waals surface area contributed by atoms with Gasteiger partial charge in [0.1, 0.15) is 0 Å². The molecule has 8 rings (SSSR count). The van der Waals surface area contributed by atoms with E-state index < -0.39 is 0 Å². The van der Waals surface area contributed by atoms with Gasteiger partial charge in [0.25, 0.3) is 0 Å². The first-order valence-electron chi connectivity index (χ1n) is 15.8. The number of fused-ring (bicyclic) bond motifs is 6. The molecule has 0 spiro atoms. The van der Waals surface area contributed by atoms with Gasteiger partial charge in [0.2, 0.25) is 0 Å². The molecule has 0 unspecified atom stereocenters. The second kappa shape index (κ2) is 10.6. The summed E-state index contributed by atoms with van der Waals surface area (Å²) in [5.41, 5.74) is 17.2. The summed E-state index contributed by atoms with van der Waals surface area (Å²) in [6, 6.07) is 40.8. The number of aromatic nitrogens is 1. The molecule has 0 saturated heterocycles. The quantitative estimate of drug-likeness (QED) is 0.204. The number of hydrogen-bond donors (Lipinski definition) is 0. The van der Waals surface area contributed by atoms with Crippen LogP contribution in [-0.4, -0.2) is 4.57 Å². The van der Waals surface area contributed by atoms with E-state index in [4.69, 9.17) is 0 Å². The molecule has 1 nitrogen and oxygen atoms in total. The second-order valence-corrected chi connectivity index (χ2v) is 12.2. The molecule has 0 radical (unpaired) electrons. The summed E-state index contributed by atoms with van der Waals surface area (Å²) in [6.07, 6.45) is 6.84. The molecule has 0 amide bonds. The molecule has 0 saturated carbocycles. The molecule has 1 aromatic heterocycles. The Bertz CT molecular complexity index is 2030. The monoisotopic (exact) mass is 557 g/mol. The molecule has 5 aromatic carbocycles. The molecule has 0 N–H and O–H groups in total. The first-order chi connectivity index (χ1) is 21.0. The molecule has 2 aliphatic rings. The largest absolute Gasteiger partial charge is 0.310 e. The van der Waals surface area contributed by atoms with E-state index in [0.717, 1.165) is 12.8 Å². The van der Waals surface area contributed by atoms with Crippen LogP contribution in [0, 0.1) is 6.92 Å². The zero-order chi connectivity index (χ0) is 29.7. The fraction of sp³-hybridized carbons (Fsp3) is 0.190. The Kier molecular flexibility index (Phi) is 6.70. The van der Waals surface area contributed by atoms with Crippen molar-refractivity contribution in [2.24, 2.45) is 0 Å². The van der Waals surface area contributed by atoms with Crippen LogP contribution in [0.15, 0.2) is 115 Å². The van der Waals surface area contributed by atoms with E-state index >= 15 is 0 Å². The van der Waals surface area contributed by atoms with E-state index in [-0.39, 0.29) is 5.41 Å². The molecule has 43 heavy (non-hydrogen) atoms. The molecule has 1 heterocycles. The summed E-state index contributed by atoms with van der Waals surface area (Å²) in [5.74, 6) is 0. The molecule has 1 heteroatoms. The average Bonchev–Trinajstić information content (AvgIpc) is 3.50. The van der Waals surface area contributed by atoms with E-state index in [1.54, 1.807) is 0 Å². The van der Waals surface area contributed by atoms with Gasteiger partial charge in [-0.25, -0.2) is 0 Å². The van der Waals surface area contributed by atoms with Crippen LogP contribution in [0.25, 0.3) is 56.0 Å². The molecule has 0 fully saturated rings. The predicted molar refractivity (Wildman–Crippen MR) is 185 cm³/mol. The first kappa shape index (κ1) is 27.2. The van der Waals surface area contributed by atoms with Gasteiger partial charge >= 0.3 is 0 Å². The van der Waals surface area contributed by atoms with E-state index in [2.05, 4.69) is 147 Å². The minimum atomic E-state index is 0.0117. The molecular formula is C42H39N. The van der Waals surface area contributed by atoms with Crippen LogP contribution in [0.5, 0.6) is 0 Å². The number of benzene rings is 5. The zero-order valence-electron chi connectivity index (χ0n) is 25.9. The highest BCUT2D eigenvalue weighted by atomic mass is 15.0. The second-order valence-electron chi connectivity index (χ2n) is 12.2. The Morgan fingerprint density at radius 3 is 2.19 bits per heavy atom. The standard InChI is InChI=1S/C40H33N.C2H6/c1-26-11-4-5-14-31(26)29-13-10-12-27(23-29)28-19-21-34-33-16-7-9-18-38(33)41(39(34)24-28)30-20-22-37-35(25-30)32-15-6-8-17-36(32)40(37,2)3;1-2/h4-6,8-15,17-25H,7,16H2,1-3H3;1-2H3. The number of rotatable bonds is 3. The van der Waals surface area contributed by atoms with E-state index in [9.17, 15) is 0 Å². The van der Waals surface area contributed by atoms with E-state index in [1.165, 1.54) is 77.9 Å². The lowest BCUT2D eigenvalue weighted by Crippen LogP contribution is -2.14. The van der Waals surface area contributed by atoms with Gasteiger partial charge in [0.15, 0.2) is 0 Å². The van der Waals surface area contributed by atoms with E-state index in [1.807, 2.05) is 13.8 Å². The highest BCUT2D eigenvalue weighted by molar-refractivity contribution is 5.94. The third kappa shape index (κ3) is 4.29.